The number of furan rings is 1. The first-order valence-electron chi connectivity index (χ1n) is 11.9. The van der Waals surface area contributed by atoms with Gasteiger partial charge in [-0.25, -0.2) is 9.37 Å². The van der Waals surface area contributed by atoms with Gasteiger partial charge in [0.05, 0.1) is 12.0 Å². The van der Waals surface area contributed by atoms with Crippen LogP contribution in [-0.2, 0) is 0 Å². The van der Waals surface area contributed by atoms with Crippen LogP contribution in [0.3, 0.4) is 0 Å². The molecule has 0 radical (unpaired) electrons. The number of nitrogens with one attached hydrogen (secondary N) is 1. The van der Waals surface area contributed by atoms with Gasteiger partial charge in [-0.15, -0.1) is 0 Å². The first kappa shape index (κ1) is 22.4. The Kier molecular flexibility index (Phi) is 6.24. The predicted molar refractivity (Wildman–Crippen MR) is 132 cm³/mol. The van der Waals surface area contributed by atoms with E-state index < -0.39 is 6.23 Å². The van der Waals surface area contributed by atoms with E-state index >= 15 is 0 Å². The van der Waals surface area contributed by atoms with Crippen LogP contribution in [0.4, 0.5) is 10.1 Å². The Morgan fingerprint density at radius 3 is 2.53 bits per heavy atom. The zero-order chi connectivity index (χ0) is 23.7. The van der Waals surface area contributed by atoms with Crippen LogP contribution in [0.15, 0.2) is 65.3 Å². The van der Waals surface area contributed by atoms with Gasteiger partial charge in [-0.05, 0) is 74.7 Å². The lowest BCUT2D eigenvalue weighted by atomic mass is 9.95. The third-order valence-electron chi connectivity index (χ3n) is 6.68. The molecule has 5 nitrogen and oxygen atoms in total. The summed E-state index contributed by atoms with van der Waals surface area (Å²) in [7, 11) is 0. The van der Waals surface area contributed by atoms with Crippen molar-refractivity contribution in [3.8, 4) is 22.7 Å². The number of imidazole rings is 1. The van der Waals surface area contributed by atoms with Crippen molar-refractivity contribution in [2.24, 2.45) is 0 Å². The summed E-state index contributed by atoms with van der Waals surface area (Å²) in [4.78, 5) is 4.71. The number of hydrogen-bond donors (Lipinski definition) is 2. The molecule has 1 aliphatic carbocycles. The second-order valence-corrected chi connectivity index (χ2v) is 9.22. The van der Waals surface area contributed by atoms with Crippen LogP contribution < -0.4 is 5.32 Å². The monoisotopic (exact) mass is 459 g/mol. The number of aliphatic hydroxyl groups is 1. The molecule has 34 heavy (non-hydrogen) atoms. The van der Waals surface area contributed by atoms with Crippen LogP contribution in [0.5, 0.6) is 0 Å². The van der Waals surface area contributed by atoms with Gasteiger partial charge in [-0.1, -0.05) is 37.0 Å². The lowest BCUT2D eigenvalue weighted by Gasteiger charge is -2.24. The smallest absolute Gasteiger partial charge is 0.184 e. The van der Waals surface area contributed by atoms with Gasteiger partial charge in [0.1, 0.15) is 11.5 Å². The highest BCUT2D eigenvalue weighted by molar-refractivity contribution is 5.76. The summed E-state index contributed by atoms with van der Waals surface area (Å²) in [5.74, 6) is 0.785. The second kappa shape index (κ2) is 9.47. The molecule has 1 saturated carbocycles. The quantitative estimate of drug-likeness (QED) is 0.300. The average Bonchev–Trinajstić information content (AvgIpc) is 3.49. The van der Waals surface area contributed by atoms with Crippen LogP contribution in [0.2, 0.25) is 0 Å². The van der Waals surface area contributed by atoms with E-state index in [1.165, 1.54) is 37.0 Å². The van der Waals surface area contributed by atoms with Gasteiger partial charge in [-0.2, -0.15) is 0 Å². The zero-order valence-corrected chi connectivity index (χ0v) is 19.6. The summed E-state index contributed by atoms with van der Waals surface area (Å²) in [6, 6.07) is 16.4. The number of anilines is 1. The lowest BCUT2D eigenvalue weighted by Crippen LogP contribution is -2.13. The maximum Gasteiger partial charge on any atom is 0.184 e. The van der Waals surface area contributed by atoms with Crippen molar-refractivity contribution in [2.45, 2.75) is 58.2 Å². The summed E-state index contributed by atoms with van der Waals surface area (Å²) in [5, 5.41) is 14.0. The number of rotatable bonds is 6. The third kappa shape index (κ3) is 4.50. The fourth-order valence-electron chi connectivity index (χ4n) is 4.88. The van der Waals surface area contributed by atoms with Gasteiger partial charge in [0.25, 0.3) is 0 Å². The van der Waals surface area contributed by atoms with Gasteiger partial charge in [-0.3, -0.25) is 0 Å². The standard InChI is InChI=1S/C28H30FN3O2/c1-18-8-13-23(19(2)16-18)31-28(33)25-15-14-24(34-25)27-26(20-9-11-21(29)12-10-20)30-17-32(27)22-6-4-3-5-7-22/h8-17,22,28,31,33H,3-7H2,1-2H3. The molecule has 2 aromatic carbocycles. The molecular weight excluding hydrogens is 429 g/mol. The number of nitrogens with zero attached hydrogens (tertiary/aromatic N) is 2. The van der Waals surface area contributed by atoms with Gasteiger partial charge >= 0.3 is 0 Å². The van der Waals surface area contributed by atoms with Gasteiger partial charge in [0, 0.05) is 17.3 Å². The van der Waals surface area contributed by atoms with Gasteiger partial charge < -0.3 is 19.4 Å². The highest BCUT2D eigenvalue weighted by Gasteiger charge is 2.25. The molecule has 1 aliphatic rings. The molecule has 2 aromatic heterocycles. The molecular formula is C28H30FN3O2. The van der Waals surface area contributed by atoms with E-state index in [9.17, 15) is 9.50 Å². The number of hydrogen-bond acceptors (Lipinski definition) is 4. The Hall–Kier alpha value is -3.38. The summed E-state index contributed by atoms with van der Waals surface area (Å²) in [6.07, 6.45) is 6.71. The Bertz CT molecular complexity index is 1270. The fraction of sp³-hybridized carbons (Fsp3) is 0.321. The normalized spacial score (nSPS) is 15.4. The maximum absolute atomic E-state index is 13.6. The van der Waals surface area contributed by atoms with Crippen molar-refractivity contribution in [1.29, 1.82) is 0 Å². The van der Waals surface area contributed by atoms with E-state index in [2.05, 4.69) is 16.0 Å². The largest absolute Gasteiger partial charge is 0.455 e. The predicted octanol–water partition coefficient (Wildman–Crippen LogP) is 7.17. The average molecular weight is 460 g/mol. The van der Waals surface area contributed by atoms with E-state index in [-0.39, 0.29) is 5.82 Å². The highest BCUT2D eigenvalue weighted by atomic mass is 19.1. The molecule has 1 atom stereocenters. The Morgan fingerprint density at radius 1 is 1.03 bits per heavy atom. The van der Waals surface area contributed by atoms with Crippen LogP contribution in [0.25, 0.3) is 22.7 Å². The van der Waals surface area contributed by atoms with Crippen LogP contribution in [-0.4, -0.2) is 14.7 Å². The van der Waals surface area contributed by atoms with Crippen LogP contribution in [0.1, 0.15) is 61.3 Å². The first-order valence-corrected chi connectivity index (χ1v) is 11.9. The molecule has 0 spiro atoms. The molecule has 0 saturated heterocycles. The molecule has 0 aliphatic heterocycles. The second-order valence-electron chi connectivity index (χ2n) is 9.22. The Morgan fingerprint density at radius 2 is 1.79 bits per heavy atom. The number of halogens is 1. The lowest BCUT2D eigenvalue weighted by molar-refractivity contribution is 0.179. The molecule has 1 fully saturated rings. The van der Waals surface area contributed by atoms with Crippen molar-refractivity contribution in [3.63, 3.8) is 0 Å². The van der Waals surface area contributed by atoms with Crippen molar-refractivity contribution in [1.82, 2.24) is 9.55 Å². The SMILES string of the molecule is Cc1ccc(NC(O)c2ccc(-c3c(-c4ccc(F)cc4)ncn3C3CCCCC3)o2)c(C)c1. The van der Waals surface area contributed by atoms with E-state index in [1.54, 1.807) is 18.2 Å². The molecule has 0 amide bonds. The fourth-order valence-corrected chi connectivity index (χ4v) is 4.88. The minimum absolute atomic E-state index is 0.280. The molecule has 4 aromatic rings. The van der Waals surface area contributed by atoms with Crippen molar-refractivity contribution in [3.05, 3.63) is 83.6 Å². The maximum atomic E-state index is 13.6. The Labute approximate surface area is 199 Å². The molecule has 0 bridgehead atoms. The number of aliphatic hydroxyl groups excluding tert-OH is 1. The topological polar surface area (TPSA) is 63.2 Å². The molecule has 5 rings (SSSR count). The third-order valence-corrected chi connectivity index (χ3v) is 6.68. The van der Waals surface area contributed by atoms with Crippen LogP contribution >= 0.6 is 0 Å². The minimum Gasteiger partial charge on any atom is -0.455 e. The van der Waals surface area contributed by atoms with Gasteiger partial charge in [0.2, 0.25) is 0 Å². The number of aromatic nitrogens is 2. The Balaban J connectivity index is 1.50. The summed E-state index contributed by atoms with van der Waals surface area (Å²) in [5.41, 5.74) is 5.53. The first-order chi connectivity index (χ1) is 16.5. The van der Waals surface area contributed by atoms with Crippen LogP contribution in [0, 0.1) is 19.7 Å². The van der Waals surface area contributed by atoms with E-state index in [4.69, 9.17) is 9.40 Å². The number of benzene rings is 2. The molecule has 1 unspecified atom stereocenters. The van der Waals surface area contributed by atoms with Crippen molar-refractivity contribution < 1.29 is 13.9 Å². The summed E-state index contributed by atoms with van der Waals surface area (Å²) >= 11 is 0. The summed E-state index contributed by atoms with van der Waals surface area (Å²) in [6.45, 7) is 4.05. The van der Waals surface area contributed by atoms with Crippen molar-refractivity contribution in [2.75, 3.05) is 5.32 Å². The van der Waals surface area contributed by atoms with E-state index in [1.807, 2.05) is 38.4 Å². The highest BCUT2D eigenvalue weighted by Crippen LogP contribution is 2.39. The summed E-state index contributed by atoms with van der Waals surface area (Å²) < 4.78 is 22.0. The minimum atomic E-state index is -0.990. The van der Waals surface area contributed by atoms with Gasteiger partial charge in [0.15, 0.2) is 17.7 Å². The number of aryl methyl sites for hydroxylation is 2. The molecule has 2 N–H and O–H groups in total. The van der Waals surface area contributed by atoms with E-state index in [0.717, 1.165) is 41.0 Å². The molecule has 176 valence electrons. The van der Waals surface area contributed by atoms with Crippen molar-refractivity contribution >= 4 is 5.69 Å². The molecule has 2 heterocycles. The zero-order valence-electron chi connectivity index (χ0n) is 19.6. The van der Waals surface area contributed by atoms with E-state index in [0.29, 0.717) is 17.6 Å². The molecule has 6 heteroatoms.